The number of anilines is 1. The van der Waals surface area contributed by atoms with Gasteiger partial charge in [-0.1, -0.05) is 29.8 Å². The lowest BCUT2D eigenvalue weighted by Crippen LogP contribution is -2.50. The number of hydrogen-bond acceptors (Lipinski definition) is 4. The van der Waals surface area contributed by atoms with Crippen LogP contribution in [-0.2, 0) is 11.0 Å². The van der Waals surface area contributed by atoms with E-state index in [2.05, 4.69) is 4.98 Å². The first-order chi connectivity index (χ1) is 13.7. The van der Waals surface area contributed by atoms with Crippen molar-refractivity contribution in [3.63, 3.8) is 0 Å². The molecule has 1 aliphatic rings. The zero-order valence-electron chi connectivity index (χ0n) is 16.1. The fourth-order valence-corrected chi connectivity index (χ4v) is 3.52. The van der Waals surface area contributed by atoms with Gasteiger partial charge >= 0.3 is 6.18 Å². The van der Waals surface area contributed by atoms with Crippen molar-refractivity contribution in [2.45, 2.75) is 20.0 Å². The Morgan fingerprint density at radius 3 is 2.34 bits per heavy atom. The van der Waals surface area contributed by atoms with E-state index in [1.165, 1.54) is 0 Å². The average Bonchev–Trinajstić information content (AvgIpc) is 2.67. The summed E-state index contributed by atoms with van der Waals surface area (Å²) in [5.41, 5.74) is 1.04. The summed E-state index contributed by atoms with van der Waals surface area (Å²) < 4.78 is 44.0. The Bertz CT molecular complexity index is 877. The van der Waals surface area contributed by atoms with E-state index in [9.17, 15) is 18.0 Å². The number of aryl methyl sites for hydroxylation is 2. The summed E-state index contributed by atoms with van der Waals surface area (Å²) in [6.45, 7) is 5.45. The lowest BCUT2D eigenvalue weighted by atomic mass is 10.1. The molecule has 0 saturated carbocycles. The molecular weight excluding hydrogens is 407 g/mol. The third-order valence-corrected chi connectivity index (χ3v) is 5.11. The molecular formula is C20H21ClF3N3O2. The van der Waals surface area contributed by atoms with Gasteiger partial charge in [0.05, 0.1) is 10.6 Å². The number of amides is 1. The molecule has 0 spiro atoms. The van der Waals surface area contributed by atoms with Crippen LogP contribution in [-0.4, -0.2) is 48.6 Å². The maximum atomic E-state index is 12.8. The smallest absolute Gasteiger partial charge is 0.417 e. The first kappa shape index (κ1) is 21.2. The van der Waals surface area contributed by atoms with Crippen LogP contribution in [0.1, 0.15) is 16.7 Å². The van der Waals surface area contributed by atoms with Gasteiger partial charge in [0.15, 0.2) is 6.61 Å². The number of hydrogen-bond donors (Lipinski definition) is 0. The quantitative estimate of drug-likeness (QED) is 0.737. The average molecular weight is 428 g/mol. The van der Waals surface area contributed by atoms with Crippen molar-refractivity contribution in [3.8, 4) is 5.75 Å². The third kappa shape index (κ3) is 4.93. The molecule has 0 aliphatic carbocycles. The summed E-state index contributed by atoms with van der Waals surface area (Å²) >= 11 is 6.01. The molecule has 1 amide bonds. The summed E-state index contributed by atoms with van der Waals surface area (Å²) in [5, 5.41) is -0.0574. The molecule has 3 rings (SSSR count). The van der Waals surface area contributed by atoms with Gasteiger partial charge in [-0.05, 0) is 31.0 Å². The Kier molecular flexibility index (Phi) is 6.21. The van der Waals surface area contributed by atoms with E-state index >= 15 is 0 Å². The number of nitrogens with zero attached hydrogens (tertiary/aromatic N) is 3. The van der Waals surface area contributed by atoms with Crippen molar-refractivity contribution < 1.29 is 22.7 Å². The molecule has 1 saturated heterocycles. The number of alkyl halides is 3. The number of piperazine rings is 1. The molecule has 29 heavy (non-hydrogen) atoms. The minimum atomic E-state index is -4.49. The molecule has 2 heterocycles. The highest BCUT2D eigenvalue weighted by Gasteiger charge is 2.32. The summed E-state index contributed by atoms with van der Waals surface area (Å²) in [7, 11) is 0. The number of pyridine rings is 1. The molecule has 1 aromatic heterocycles. The third-order valence-electron chi connectivity index (χ3n) is 4.83. The second-order valence-corrected chi connectivity index (χ2v) is 7.31. The van der Waals surface area contributed by atoms with Crippen LogP contribution >= 0.6 is 11.6 Å². The van der Waals surface area contributed by atoms with Crippen molar-refractivity contribution >= 4 is 23.3 Å². The number of carbonyl (C=O) groups is 1. The first-order valence-corrected chi connectivity index (χ1v) is 9.49. The second-order valence-electron chi connectivity index (χ2n) is 6.90. The number of benzene rings is 1. The van der Waals surface area contributed by atoms with Crippen molar-refractivity contribution in [2.75, 3.05) is 37.7 Å². The Morgan fingerprint density at radius 1 is 1.17 bits per heavy atom. The van der Waals surface area contributed by atoms with E-state index in [4.69, 9.17) is 16.3 Å². The maximum Gasteiger partial charge on any atom is 0.417 e. The molecule has 1 aliphatic heterocycles. The van der Waals surface area contributed by atoms with Crippen LogP contribution in [0.15, 0.2) is 30.5 Å². The highest BCUT2D eigenvalue weighted by molar-refractivity contribution is 6.33. The van der Waals surface area contributed by atoms with Crippen LogP contribution in [0.2, 0.25) is 5.02 Å². The van der Waals surface area contributed by atoms with Gasteiger partial charge in [0.2, 0.25) is 0 Å². The molecule has 1 fully saturated rings. The Labute approximate surface area is 172 Å². The highest BCUT2D eigenvalue weighted by atomic mass is 35.5. The zero-order valence-corrected chi connectivity index (χ0v) is 16.8. The van der Waals surface area contributed by atoms with Gasteiger partial charge < -0.3 is 14.5 Å². The normalized spacial score (nSPS) is 14.8. The fourth-order valence-electron chi connectivity index (χ4n) is 3.24. The van der Waals surface area contributed by atoms with Crippen LogP contribution in [0.5, 0.6) is 5.75 Å². The van der Waals surface area contributed by atoms with Gasteiger partial charge in [0.1, 0.15) is 11.6 Å². The molecule has 0 atom stereocenters. The first-order valence-electron chi connectivity index (χ1n) is 9.11. The minimum absolute atomic E-state index is 0.0574. The van der Waals surface area contributed by atoms with E-state index in [1.807, 2.05) is 32.0 Å². The lowest BCUT2D eigenvalue weighted by Gasteiger charge is -2.35. The van der Waals surface area contributed by atoms with Gasteiger partial charge in [-0.15, -0.1) is 0 Å². The van der Waals surface area contributed by atoms with Gasteiger partial charge in [-0.3, -0.25) is 4.79 Å². The Balaban J connectivity index is 1.57. The van der Waals surface area contributed by atoms with E-state index in [0.29, 0.717) is 37.7 Å². The molecule has 0 radical (unpaired) electrons. The maximum absolute atomic E-state index is 12.8. The van der Waals surface area contributed by atoms with Gasteiger partial charge in [-0.25, -0.2) is 4.98 Å². The molecule has 9 heteroatoms. The van der Waals surface area contributed by atoms with E-state index < -0.39 is 11.7 Å². The van der Waals surface area contributed by atoms with Crippen LogP contribution < -0.4 is 9.64 Å². The summed E-state index contributed by atoms with van der Waals surface area (Å²) in [4.78, 5) is 19.8. The molecule has 1 aromatic carbocycles. The number of aromatic nitrogens is 1. The highest BCUT2D eigenvalue weighted by Crippen LogP contribution is 2.33. The van der Waals surface area contributed by atoms with Crippen molar-refractivity contribution in [1.82, 2.24) is 9.88 Å². The topological polar surface area (TPSA) is 45.7 Å². The summed E-state index contributed by atoms with van der Waals surface area (Å²) in [6, 6.07) is 6.65. The van der Waals surface area contributed by atoms with Crippen molar-refractivity contribution in [2.24, 2.45) is 0 Å². The Hall–Kier alpha value is -2.48. The summed E-state index contributed by atoms with van der Waals surface area (Å²) in [6.07, 6.45) is -3.72. The number of carbonyl (C=O) groups excluding carboxylic acids is 1. The SMILES string of the molecule is Cc1cccc(C)c1OCC(=O)N1CCN(c2ncc(C(F)(F)F)cc2Cl)CC1. The molecule has 0 bridgehead atoms. The Morgan fingerprint density at radius 2 is 1.79 bits per heavy atom. The second kappa shape index (κ2) is 8.49. The number of para-hydroxylation sites is 1. The number of halogens is 4. The number of rotatable bonds is 4. The van der Waals surface area contributed by atoms with Gasteiger partial charge in [0, 0.05) is 32.4 Å². The predicted molar refractivity (Wildman–Crippen MR) is 104 cm³/mol. The van der Waals surface area contributed by atoms with E-state index in [0.717, 1.165) is 23.4 Å². The van der Waals surface area contributed by atoms with Crippen molar-refractivity contribution in [1.29, 1.82) is 0 Å². The molecule has 0 unspecified atom stereocenters. The van der Waals surface area contributed by atoms with Gasteiger partial charge in [0.25, 0.3) is 5.91 Å². The van der Waals surface area contributed by atoms with E-state index in [1.54, 1.807) is 9.80 Å². The van der Waals surface area contributed by atoms with Crippen LogP contribution in [0, 0.1) is 13.8 Å². The monoisotopic (exact) mass is 427 g/mol. The van der Waals surface area contributed by atoms with Crippen molar-refractivity contribution in [3.05, 3.63) is 52.2 Å². The molecule has 5 nitrogen and oxygen atoms in total. The predicted octanol–water partition coefficient (Wildman–Crippen LogP) is 4.10. The zero-order chi connectivity index (χ0) is 21.2. The largest absolute Gasteiger partial charge is 0.483 e. The number of ether oxygens (including phenoxy) is 1. The van der Waals surface area contributed by atoms with Crippen LogP contribution in [0.25, 0.3) is 0 Å². The van der Waals surface area contributed by atoms with Gasteiger partial charge in [-0.2, -0.15) is 13.2 Å². The fraction of sp³-hybridized carbons (Fsp3) is 0.400. The van der Waals surface area contributed by atoms with E-state index in [-0.39, 0.29) is 17.5 Å². The molecule has 0 N–H and O–H groups in total. The molecule has 2 aromatic rings. The standard InChI is InChI=1S/C20H21ClF3N3O2/c1-13-4-3-5-14(2)18(13)29-12-17(28)26-6-8-27(9-7-26)19-16(21)10-15(11-25-19)20(22,23)24/h3-5,10-11H,6-9,12H2,1-2H3. The summed E-state index contributed by atoms with van der Waals surface area (Å²) in [5.74, 6) is 0.859. The van der Waals surface area contributed by atoms with Crippen LogP contribution in [0.4, 0.5) is 19.0 Å². The lowest BCUT2D eigenvalue weighted by molar-refractivity contribution is -0.138. The molecule has 156 valence electrons. The minimum Gasteiger partial charge on any atom is -0.483 e. The van der Waals surface area contributed by atoms with Crippen LogP contribution in [0.3, 0.4) is 0 Å².